The number of unbranched alkanes of at least 4 members (excludes halogenated alkanes) is 11. The van der Waals surface area contributed by atoms with Crippen LogP contribution in [-0.4, -0.2) is 33.1 Å². The summed E-state index contributed by atoms with van der Waals surface area (Å²) >= 11 is 0. The first-order valence-corrected chi connectivity index (χ1v) is 15.8. The van der Waals surface area contributed by atoms with Crippen molar-refractivity contribution in [2.45, 2.75) is 102 Å². The Morgan fingerprint density at radius 3 is 1.70 bits per heavy atom. The SMILES string of the molecule is CCCCCCCC/C=C\CCCCCCCC(N)=O.COc1ccccc1.COc1ccccc1S(=O)(=O)O. The number of methoxy groups -OCH3 is 2. The van der Waals surface area contributed by atoms with Gasteiger partial charge in [-0.15, -0.1) is 0 Å². The lowest BCUT2D eigenvalue weighted by molar-refractivity contribution is -0.118. The van der Waals surface area contributed by atoms with Crippen LogP contribution in [0.2, 0.25) is 0 Å². The van der Waals surface area contributed by atoms with Crippen LogP contribution in [-0.2, 0) is 14.9 Å². The molecule has 0 aromatic heterocycles. The minimum Gasteiger partial charge on any atom is -0.497 e. The Balaban J connectivity index is 0.000000635. The van der Waals surface area contributed by atoms with Gasteiger partial charge in [0, 0.05) is 6.42 Å². The van der Waals surface area contributed by atoms with Crippen molar-refractivity contribution in [2.24, 2.45) is 5.73 Å². The molecule has 226 valence electrons. The van der Waals surface area contributed by atoms with Crippen molar-refractivity contribution in [1.82, 2.24) is 0 Å². The maximum atomic E-state index is 10.7. The highest BCUT2D eigenvalue weighted by Gasteiger charge is 2.14. The molecule has 0 bridgehead atoms. The van der Waals surface area contributed by atoms with E-state index in [2.05, 4.69) is 19.1 Å². The Bertz CT molecular complexity index is 1010. The van der Waals surface area contributed by atoms with Crippen LogP contribution < -0.4 is 15.2 Å². The molecule has 0 aliphatic heterocycles. The molecule has 0 aliphatic rings. The molecule has 2 aromatic rings. The van der Waals surface area contributed by atoms with Crippen molar-refractivity contribution in [3.8, 4) is 11.5 Å². The molecule has 0 saturated carbocycles. The Hall–Kier alpha value is -2.84. The number of allylic oxidation sites excluding steroid dienone is 2. The second kappa shape index (κ2) is 25.1. The van der Waals surface area contributed by atoms with Crippen LogP contribution in [0.15, 0.2) is 71.6 Å². The van der Waals surface area contributed by atoms with Gasteiger partial charge in [-0.2, -0.15) is 8.42 Å². The van der Waals surface area contributed by atoms with Crippen molar-refractivity contribution in [3.63, 3.8) is 0 Å². The number of carbonyl (C=O) groups excluding carboxylic acids is 1. The van der Waals surface area contributed by atoms with Crippen LogP contribution in [0.1, 0.15) is 96.8 Å². The minimum absolute atomic E-state index is 0.139. The van der Waals surface area contributed by atoms with E-state index in [0.29, 0.717) is 6.42 Å². The fourth-order valence-corrected chi connectivity index (χ4v) is 4.41. The first kappa shape index (κ1) is 37.2. The third kappa shape index (κ3) is 22.0. The van der Waals surface area contributed by atoms with Crippen molar-refractivity contribution in [1.29, 1.82) is 0 Å². The quantitative estimate of drug-likeness (QED) is 0.105. The normalized spacial score (nSPS) is 10.7. The highest BCUT2D eigenvalue weighted by molar-refractivity contribution is 7.86. The van der Waals surface area contributed by atoms with Gasteiger partial charge in [-0.3, -0.25) is 9.35 Å². The van der Waals surface area contributed by atoms with Gasteiger partial charge < -0.3 is 15.2 Å². The molecule has 0 atom stereocenters. The molecule has 0 fully saturated rings. The molecule has 8 heteroatoms. The smallest absolute Gasteiger partial charge is 0.298 e. The van der Waals surface area contributed by atoms with E-state index in [1.807, 2.05) is 30.3 Å². The summed E-state index contributed by atoms with van der Waals surface area (Å²) in [6.07, 6.45) is 21.9. The molecular formula is C32H51NO6S. The number of carbonyl (C=O) groups is 1. The number of amides is 1. The highest BCUT2D eigenvalue weighted by Crippen LogP contribution is 2.21. The number of benzene rings is 2. The van der Waals surface area contributed by atoms with Crippen molar-refractivity contribution >= 4 is 16.0 Å². The first-order chi connectivity index (χ1) is 19.3. The Morgan fingerprint density at radius 1 is 0.750 bits per heavy atom. The Kier molecular flexibility index (Phi) is 23.4. The van der Waals surface area contributed by atoms with Crippen LogP contribution >= 0.6 is 0 Å². The summed E-state index contributed by atoms with van der Waals surface area (Å²) in [5.74, 6) is 0.884. The van der Waals surface area contributed by atoms with Crippen LogP contribution in [0.3, 0.4) is 0 Å². The van der Waals surface area contributed by atoms with Gasteiger partial charge in [0.05, 0.1) is 14.2 Å². The standard InChI is InChI=1S/C18H35NO.C7H8O4S.C7H8O/c1-2-3-4-5-6-7-8-9-10-11-12-13-14-15-16-17-18(19)20;1-11-6-4-2-3-5-7(6)12(8,9)10;1-8-7-5-3-2-4-6-7/h9-10H,2-8,11-17H2,1H3,(H2,19,20);2-5H,1H3,(H,8,9,10);2-6H,1H3/b10-9-;;. The zero-order valence-electron chi connectivity index (χ0n) is 24.7. The maximum Gasteiger partial charge on any atom is 0.298 e. The van der Waals surface area contributed by atoms with Crippen LogP contribution in [0.25, 0.3) is 0 Å². The average molecular weight is 578 g/mol. The first-order valence-electron chi connectivity index (χ1n) is 14.4. The number of rotatable bonds is 18. The summed E-state index contributed by atoms with van der Waals surface area (Å²) in [7, 11) is -1.17. The van der Waals surface area contributed by atoms with Crippen LogP contribution in [0, 0.1) is 0 Å². The molecule has 0 spiro atoms. The number of hydrogen-bond donors (Lipinski definition) is 2. The van der Waals surface area contributed by atoms with Crippen molar-refractivity contribution < 1.29 is 27.2 Å². The number of primary amides is 1. The third-order valence-electron chi connectivity index (χ3n) is 6.01. The summed E-state index contributed by atoms with van der Waals surface area (Å²) in [6, 6.07) is 15.5. The summed E-state index contributed by atoms with van der Waals surface area (Å²) in [6.45, 7) is 2.26. The van der Waals surface area contributed by atoms with Gasteiger partial charge in [0.1, 0.15) is 16.4 Å². The van der Waals surface area contributed by atoms with Gasteiger partial charge in [0.2, 0.25) is 5.91 Å². The molecule has 0 radical (unpaired) electrons. The van der Waals surface area contributed by atoms with Crippen LogP contribution in [0.5, 0.6) is 11.5 Å². The Labute approximate surface area is 242 Å². The fraction of sp³-hybridized carbons (Fsp3) is 0.531. The molecule has 0 aliphatic carbocycles. The molecule has 40 heavy (non-hydrogen) atoms. The van der Waals surface area contributed by atoms with Gasteiger partial charge in [-0.1, -0.05) is 101 Å². The molecule has 2 aromatic carbocycles. The molecule has 2 rings (SSSR count). The Morgan fingerprint density at radius 2 is 1.25 bits per heavy atom. The number of para-hydroxylation sites is 2. The van der Waals surface area contributed by atoms with Gasteiger partial charge in [0.15, 0.2) is 0 Å². The van der Waals surface area contributed by atoms with E-state index in [-0.39, 0.29) is 16.6 Å². The lowest BCUT2D eigenvalue weighted by Gasteiger charge is -2.03. The van der Waals surface area contributed by atoms with Gasteiger partial charge in [-0.05, 0) is 56.4 Å². The summed E-state index contributed by atoms with van der Waals surface area (Å²) < 4.78 is 39.7. The van der Waals surface area contributed by atoms with Crippen molar-refractivity contribution in [3.05, 3.63) is 66.7 Å². The van der Waals surface area contributed by atoms with E-state index in [4.69, 9.17) is 19.8 Å². The monoisotopic (exact) mass is 577 g/mol. The highest BCUT2D eigenvalue weighted by atomic mass is 32.2. The summed E-state index contributed by atoms with van der Waals surface area (Å²) in [5.41, 5.74) is 5.10. The number of ether oxygens (including phenoxy) is 2. The van der Waals surface area contributed by atoms with Gasteiger partial charge in [0.25, 0.3) is 10.1 Å². The van der Waals surface area contributed by atoms with E-state index in [1.165, 1.54) is 95.9 Å². The second-order valence-electron chi connectivity index (χ2n) is 9.44. The largest absolute Gasteiger partial charge is 0.497 e. The predicted molar refractivity (Wildman–Crippen MR) is 164 cm³/mol. The van der Waals surface area contributed by atoms with E-state index >= 15 is 0 Å². The molecular weight excluding hydrogens is 526 g/mol. The van der Waals surface area contributed by atoms with E-state index in [1.54, 1.807) is 13.2 Å². The molecule has 0 unspecified atom stereocenters. The van der Waals surface area contributed by atoms with Gasteiger partial charge >= 0.3 is 0 Å². The summed E-state index contributed by atoms with van der Waals surface area (Å²) in [5, 5.41) is 0. The fourth-order valence-electron chi connectivity index (χ4n) is 3.76. The zero-order chi connectivity index (χ0) is 29.9. The van der Waals surface area contributed by atoms with Crippen molar-refractivity contribution in [2.75, 3.05) is 14.2 Å². The number of nitrogens with two attached hydrogens (primary N) is 1. The zero-order valence-corrected chi connectivity index (χ0v) is 25.5. The molecule has 1 amide bonds. The molecule has 0 heterocycles. The number of hydrogen-bond acceptors (Lipinski definition) is 5. The second-order valence-corrected chi connectivity index (χ2v) is 10.8. The lowest BCUT2D eigenvalue weighted by atomic mass is 10.1. The topological polar surface area (TPSA) is 116 Å². The predicted octanol–water partition coefficient (Wildman–Crippen LogP) is 8.15. The van der Waals surface area contributed by atoms with E-state index in [9.17, 15) is 13.2 Å². The van der Waals surface area contributed by atoms with Gasteiger partial charge in [-0.25, -0.2) is 0 Å². The third-order valence-corrected chi connectivity index (χ3v) is 6.90. The summed E-state index contributed by atoms with van der Waals surface area (Å²) in [4.78, 5) is 10.3. The van der Waals surface area contributed by atoms with E-state index in [0.717, 1.165) is 18.6 Å². The lowest BCUT2D eigenvalue weighted by Crippen LogP contribution is -2.09. The van der Waals surface area contributed by atoms with Crippen LogP contribution in [0.4, 0.5) is 0 Å². The molecule has 0 saturated heterocycles. The maximum absolute atomic E-state index is 10.7. The molecule has 7 nitrogen and oxygen atoms in total. The minimum atomic E-state index is -4.17. The molecule has 3 N–H and O–H groups in total. The average Bonchev–Trinajstić information content (AvgIpc) is 2.95. The van der Waals surface area contributed by atoms with E-state index < -0.39 is 10.1 Å².